The molecule has 0 radical (unpaired) electrons. The third-order valence-electron chi connectivity index (χ3n) is 3.37. The first-order valence-electron chi connectivity index (χ1n) is 6.69. The van der Waals surface area contributed by atoms with Crippen molar-refractivity contribution in [1.29, 1.82) is 0 Å². The van der Waals surface area contributed by atoms with Crippen LogP contribution in [0.1, 0.15) is 26.7 Å². The molecule has 0 saturated heterocycles. The lowest BCUT2D eigenvalue weighted by atomic mass is 9.88. The summed E-state index contributed by atoms with van der Waals surface area (Å²) in [6.45, 7) is 4.83. The lowest BCUT2D eigenvalue weighted by molar-refractivity contribution is -0.147. The minimum Gasteiger partial charge on any atom is -0.481 e. The summed E-state index contributed by atoms with van der Waals surface area (Å²) in [5.74, 6) is -0.902. The van der Waals surface area contributed by atoms with Crippen molar-refractivity contribution in [3.63, 3.8) is 0 Å². The standard InChI is InChI=1S/C13H22N4O3/c1-3-13(2,11(18)19)9-16-12(20)15-5-4-7-17-8-6-14-10-17/h6,8,10H,3-5,7,9H2,1-2H3,(H,18,19)(H2,15,16,20). The van der Waals surface area contributed by atoms with Crippen LogP contribution in [0.15, 0.2) is 18.7 Å². The van der Waals surface area contributed by atoms with Gasteiger partial charge in [-0.15, -0.1) is 0 Å². The van der Waals surface area contributed by atoms with Crippen molar-refractivity contribution in [1.82, 2.24) is 20.2 Å². The first-order chi connectivity index (χ1) is 9.48. The summed E-state index contributed by atoms with van der Waals surface area (Å²) >= 11 is 0. The zero-order valence-corrected chi connectivity index (χ0v) is 11.9. The maximum atomic E-state index is 11.6. The third kappa shape index (κ3) is 4.91. The van der Waals surface area contributed by atoms with Gasteiger partial charge in [-0.1, -0.05) is 6.92 Å². The quantitative estimate of drug-likeness (QED) is 0.621. The number of hydrogen-bond acceptors (Lipinski definition) is 3. The number of urea groups is 1. The number of carboxylic acids is 1. The normalized spacial score (nSPS) is 13.5. The lowest BCUT2D eigenvalue weighted by Gasteiger charge is -2.23. The van der Waals surface area contributed by atoms with Gasteiger partial charge in [-0.2, -0.15) is 0 Å². The number of nitrogens with one attached hydrogen (secondary N) is 2. The fourth-order valence-corrected chi connectivity index (χ4v) is 1.57. The molecule has 112 valence electrons. The molecular weight excluding hydrogens is 260 g/mol. The van der Waals surface area contributed by atoms with E-state index in [1.54, 1.807) is 26.4 Å². The van der Waals surface area contributed by atoms with Crippen molar-refractivity contribution in [3.8, 4) is 0 Å². The highest BCUT2D eigenvalue weighted by Gasteiger charge is 2.31. The Bertz CT molecular complexity index is 433. The third-order valence-corrected chi connectivity index (χ3v) is 3.37. The molecule has 0 saturated carbocycles. The van der Waals surface area contributed by atoms with Gasteiger partial charge < -0.3 is 20.3 Å². The van der Waals surface area contributed by atoms with Crippen molar-refractivity contribution >= 4 is 12.0 Å². The number of aryl methyl sites for hydroxylation is 1. The average molecular weight is 282 g/mol. The van der Waals surface area contributed by atoms with Gasteiger partial charge in [-0.25, -0.2) is 9.78 Å². The molecule has 1 heterocycles. The average Bonchev–Trinajstić information content (AvgIpc) is 2.94. The molecule has 0 aliphatic heterocycles. The Hall–Kier alpha value is -2.05. The molecule has 2 amide bonds. The van der Waals surface area contributed by atoms with Crippen molar-refractivity contribution in [2.24, 2.45) is 5.41 Å². The van der Waals surface area contributed by atoms with E-state index in [0.29, 0.717) is 13.0 Å². The maximum Gasteiger partial charge on any atom is 0.314 e. The van der Waals surface area contributed by atoms with Crippen molar-refractivity contribution in [3.05, 3.63) is 18.7 Å². The van der Waals surface area contributed by atoms with Crippen LogP contribution in [-0.2, 0) is 11.3 Å². The Labute approximate surface area is 118 Å². The summed E-state index contributed by atoms with van der Waals surface area (Å²) in [7, 11) is 0. The molecule has 7 heteroatoms. The zero-order valence-electron chi connectivity index (χ0n) is 11.9. The molecule has 1 aromatic rings. The largest absolute Gasteiger partial charge is 0.481 e. The van der Waals surface area contributed by atoms with Crippen LogP contribution in [0.5, 0.6) is 0 Å². The second kappa shape index (κ2) is 7.52. The maximum absolute atomic E-state index is 11.6. The molecule has 1 unspecified atom stereocenters. The summed E-state index contributed by atoms with van der Waals surface area (Å²) in [5, 5.41) is 14.4. The van der Waals surface area contributed by atoms with E-state index in [4.69, 9.17) is 5.11 Å². The number of imidazole rings is 1. The monoisotopic (exact) mass is 282 g/mol. The Morgan fingerprint density at radius 1 is 1.40 bits per heavy atom. The van der Waals surface area contributed by atoms with Gasteiger partial charge in [0.1, 0.15) is 0 Å². The molecular formula is C13H22N4O3. The van der Waals surface area contributed by atoms with Crippen LogP contribution in [0.2, 0.25) is 0 Å². The van der Waals surface area contributed by atoms with E-state index in [0.717, 1.165) is 13.0 Å². The fraction of sp³-hybridized carbons (Fsp3) is 0.615. The van der Waals surface area contributed by atoms with E-state index in [-0.39, 0.29) is 12.6 Å². The van der Waals surface area contributed by atoms with Gasteiger partial charge in [0.25, 0.3) is 0 Å². The number of carbonyl (C=O) groups excluding carboxylic acids is 1. The Morgan fingerprint density at radius 2 is 2.15 bits per heavy atom. The smallest absolute Gasteiger partial charge is 0.314 e. The van der Waals surface area contributed by atoms with Gasteiger partial charge in [-0.3, -0.25) is 4.79 Å². The van der Waals surface area contributed by atoms with Crippen molar-refractivity contribution in [2.45, 2.75) is 33.2 Å². The van der Waals surface area contributed by atoms with Crippen molar-refractivity contribution in [2.75, 3.05) is 13.1 Å². The van der Waals surface area contributed by atoms with E-state index in [9.17, 15) is 9.59 Å². The van der Waals surface area contributed by atoms with Gasteiger partial charge in [0.2, 0.25) is 0 Å². The topological polar surface area (TPSA) is 96.3 Å². The number of nitrogens with zero attached hydrogens (tertiary/aromatic N) is 2. The number of aromatic nitrogens is 2. The SMILES string of the molecule is CCC(C)(CNC(=O)NCCCn1ccnc1)C(=O)O. The highest BCUT2D eigenvalue weighted by Crippen LogP contribution is 2.19. The minimum atomic E-state index is -0.922. The number of amides is 2. The number of aliphatic carboxylic acids is 1. The lowest BCUT2D eigenvalue weighted by Crippen LogP contribution is -2.44. The van der Waals surface area contributed by atoms with Gasteiger partial charge in [0.15, 0.2) is 0 Å². The highest BCUT2D eigenvalue weighted by molar-refractivity contribution is 5.77. The molecule has 20 heavy (non-hydrogen) atoms. The van der Waals surface area contributed by atoms with Crippen LogP contribution in [0.25, 0.3) is 0 Å². The number of carboxylic acid groups (broad SMARTS) is 1. The molecule has 3 N–H and O–H groups in total. The summed E-state index contributed by atoms with van der Waals surface area (Å²) in [6, 6.07) is -0.337. The predicted octanol–water partition coefficient (Wildman–Crippen LogP) is 1.07. The van der Waals surface area contributed by atoms with E-state index in [1.165, 1.54) is 0 Å². The van der Waals surface area contributed by atoms with Crippen LogP contribution in [-0.4, -0.2) is 39.7 Å². The van der Waals surface area contributed by atoms with E-state index >= 15 is 0 Å². The van der Waals surface area contributed by atoms with Crippen LogP contribution in [0, 0.1) is 5.41 Å². The Balaban J connectivity index is 2.18. The summed E-state index contributed by atoms with van der Waals surface area (Å²) in [6.07, 6.45) is 6.54. The van der Waals surface area contributed by atoms with Crippen LogP contribution < -0.4 is 10.6 Å². The zero-order chi connectivity index (χ0) is 15.0. The van der Waals surface area contributed by atoms with Crippen LogP contribution in [0.3, 0.4) is 0 Å². The van der Waals surface area contributed by atoms with Gasteiger partial charge in [-0.05, 0) is 19.8 Å². The van der Waals surface area contributed by atoms with Gasteiger partial charge in [0, 0.05) is 32.0 Å². The fourth-order valence-electron chi connectivity index (χ4n) is 1.57. The molecule has 0 aromatic carbocycles. The van der Waals surface area contributed by atoms with Gasteiger partial charge >= 0.3 is 12.0 Å². The number of carbonyl (C=O) groups is 2. The molecule has 0 aliphatic carbocycles. The first kappa shape index (κ1) is 16.0. The van der Waals surface area contributed by atoms with Gasteiger partial charge in [0.05, 0.1) is 11.7 Å². The predicted molar refractivity (Wildman–Crippen MR) is 74.3 cm³/mol. The number of rotatable bonds is 8. The molecule has 1 rings (SSSR count). The molecule has 0 spiro atoms. The Morgan fingerprint density at radius 3 is 2.70 bits per heavy atom. The molecule has 7 nitrogen and oxygen atoms in total. The van der Waals surface area contributed by atoms with E-state index in [2.05, 4.69) is 15.6 Å². The summed E-state index contributed by atoms with van der Waals surface area (Å²) in [4.78, 5) is 26.6. The molecule has 1 aromatic heterocycles. The van der Waals surface area contributed by atoms with Crippen molar-refractivity contribution < 1.29 is 14.7 Å². The van der Waals surface area contributed by atoms with E-state index < -0.39 is 11.4 Å². The Kier molecular flexibility index (Phi) is 6.02. The molecule has 0 fully saturated rings. The molecule has 1 atom stereocenters. The number of hydrogen-bond donors (Lipinski definition) is 3. The molecule has 0 aliphatic rings. The van der Waals surface area contributed by atoms with E-state index in [1.807, 2.05) is 10.8 Å². The second-order valence-electron chi connectivity index (χ2n) is 4.98. The first-order valence-corrected chi connectivity index (χ1v) is 6.69. The summed E-state index contributed by atoms with van der Waals surface area (Å²) < 4.78 is 1.93. The van der Waals surface area contributed by atoms with Crippen LogP contribution >= 0.6 is 0 Å². The minimum absolute atomic E-state index is 0.117. The highest BCUT2D eigenvalue weighted by atomic mass is 16.4. The molecule has 0 bridgehead atoms. The second-order valence-corrected chi connectivity index (χ2v) is 4.98. The van der Waals surface area contributed by atoms with Crippen LogP contribution in [0.4, 0.5) is 4.79 Å². The summed E-state index contributed by atoms with van der Waals surface area (Å²) in [5.41, 5.74) is -0.922.